The lowest BCUT2D eigenvalue weighted by Gasteiger charge is -1.97. The van der Waals surface area contributed by atoms with Gasteiger partial charge in [0.25, 0.3) is 0 Å². The molecular formula is C10H7N3O. The average molecular weight is 185 g/mol. The summed E-state index contributed by atoms with van der Waals surface area (Å²) >= 11 is 0. The first-order chi connectivity index (χ1) is 6.79. The number of nitriles is 1. The summed E-state index contributed by atoms with van der Waals surface area (Å²) < 4.78 is 4.92. The van der Waals surface area contributed by atoms with E-state index in [1.807, 2.05) is 13.0 Å². The average Bonchev–Trinajstić information content (AvgIpc) is 2.69. The molecule has 0 amide bonds. The number of aryl methyl sites for hydroxylation is 1. The first kappa shape index (κ1) is 8.45. The van der Waals surface area contributed by atoms with Crippen molar-refractivity contribution in [2.45, 2.75) is 6.92 Å². The lowest BCUT2D eigenvalue weighted by atomic mass is 10.3. The highest BCUT2D eigenvalue weighted by Crippen LogP contribution is 2.15. The molecule has 0 N–H and O–H groups in total. The molecule has 0 saturated heterocycles. The van der Waals surface area contributed by atoms with Crippen molar-refractivity contribution in [3.8, 4) is 17.5 Å². The molecule has 0 aromatic carbocycles. The molecule has 0 aliphatic rings. The standard InChI is InChI=1S/C10H7N3O/c1-7-4-9(5-11)13-10(12-7)8-2-3-14-6-8/h2-4,6H,1H3. The third-order valence-electron chi connectivity index (χ3n) is 1.75. The number of nitrogens with zero attached hydrogens (tertiary/aromatic N) is 3. The molecule has 2 rings (SSSR count). The molecule has 0 unspecified atom stereocenters. The van der Waals surface area contributed by atoms with Crippen LogP contribution < -0.4 is 0 Å². The minimum absolute atomic E-state index is 0.369. The van der Waals surface area contributed by atoms with Crippen LogP contribution >= 0.6 is 0 Å². The Labute approximate surface area is 80.8 Å². The Hall–Kier alpha value is -2.15. The van der Waals surface area contributed by atoms with Crippen LogP contribution in [0.3, 0.4) is 0 Å². The Morgan fingerprint density at radius 1 is 1.43 bits per heavy atom. The Morgan fingerprint density at radius 3 is 2.93 bits per heavy atom. The molecule has 0 fully saturated rings. The summed E-state index contributed by atoms with van der Waals surface area (Å²) in [6.07, 6.45) is 3.10. The van der Waals surface area contributed by atoms with E-state index in [2.05, 4.69) is 9.97 Å². The summed E-state index contributed by atoms with van der Waals surface area (Å²) in [6, 6.07) is 5.39. The second kappa shape index (κ2) is 3.30. The Morgan fingerprint density at radius 2 is 2.29 bits per heavy atom. The minimum Gasteiger partial charge on any atom is -0.472 e. The van der Waals surface area contributed by atoms with E-state index >= 15 is 0 Å². The molecule has 4 heteroatoms. The summed E-state index contributed by atoms with van der Waals surface area (Å²) in [7, 11) is 0. The van der Waals surface area contributed by atoms with Gasteiger partial charge in [-0.05, 0) is 19.1 Å². The summed E-state index contributed by atoms with van der Waals surface area (Å²) in [6.45, 7) is 1.83. The number of hydrogen-bond acceptors (Lipinski definition) is 4. The van der Waals surface area contributed by atoms with Gasteiger partial charge in [-0.2, -0.15) is 5.26 Å². The first-order valence-electron chi connectivity index (χ1n) is 4.08. The highest BCUT2D eigenvalue weighted by atomic mass is 16.3. The third-order valence-corrected chi connectivity index (χ3v) is 1.75. The second-order valence-electron chi connectivity index (χ2n) is 2.84. The zero-order valence-corrected chi connectivity index (χ0v) is 7.56. The van der Waals surface area contributed by atoms with Crippen molar-refractivity contribution in [2.24, 2.45) is 0 Å². The van der Waals surface area contributed by atoms with E-state index in [4.69, 9.17) is 9.68 Å². The fourth-order valence-electron chi connectivity index (χ4n) is 1.15. The Balaban J connectivity index is 2.55. The quantitative estimate of drug-likeness (QED) is 0.680. The van der Waals surface area contributed by atoms with Crippen molar-refractivity contribution in [1.82, 2.24) is 9.97 Å². The van der Waals surface area contributed by atoms with Gasteiger partial charge in [-0.25, -0.2) is 9.97 Å². The molecule has 2 aromatic rings. The van der Waals surface area contributed by atoms with Gasteiger partial charge in [-0.3, -0.25) is 0 Å². The predicted molar refractivity (Wildman–Crippen MR) is 49.2 cm³/mol. The number of aromatic nitrogens is 2. The molecule has 0 aliphatic carbocycles. The summed E-state index contributed by atoms with van der Waals surface area (Å²) in [5.74, 6) is 0.523. The van der Waals surface area contributed by atoms with Crippen molar-refractivity contribution >= 4 is 0 Å². The highest BCUT2D eigenvalue weighted by molar-refractivity contribution is 5.53. The van der Waals surface area contributed by atoms with E-state index < -0.39 is 0 Å². The van der Waals surface area contributed by atoms with E-state index in [0.717, 1.165) is 11.3 Å². The van der Waals surface area contributed by atoms with Crippen molar-refractivity contribution in [2.75, 3.05) is 0 Å². The zero-order valence-electron chi connectivity index (χ0n) is 7.56. The van der Waals surface area contributed by atoms with Crippen LogP contribution in [0.25, 0.3) is 11.4 Å². The van der Waals surface area contributed by atoms with Gasteiger partial charge in [0.05, 0.1) is 11.8 Å². The summed E-state index contributed by atoms with van der Waals surface area (Å²) in [4.78, 5) is 8.26. The monoisotopic (exact) mass is 185 g/mol. The zero-order chi connectivity index (χ0) is 9.97. The van der Waals surface area contributed by atoms with Gasteiger partial charge >= 0.3 is 0 Å². The SMILES string of the molecule is Cc1cc(C#N)nc(-c2ccoc2)n1. The number of hydrogen-bond donors (Lipinski definition) is 0. The molecule has 0 spiro atoms. The van der Waals surface area contributed by atoms with Gasteiger partial charge in [-0.1, -0.05) is 0 Å². The van der Waals surface area contributed by atoms with Crippen molar-refractivity contribution in [3.63, 3.8) is 0 Å². The molecule has 0 aliphatic heterocycles. The van der Waals surface area contributed by atoms with E-state index in [0.29, 0.717) is 11.5 Å². The van der Waals surface area contributed by atoms with E-state index in [-0.39, 0.29) is 0 Å². The fraction of sp³-hybridized carbons (Fsp3) is 0.100. The largest absolute Gasteiger partial charge is 0.472 e. The van der Waals surface area contributed by atoms with Crippen LogP contribution in [0.5, 0.6) is 0 Å². The van der Waals surface area contributed by atoms with E-state index in [9.17, 15) is 0 Å². The van der Waals surface area contributed by atoms with Crippen LogP contribution in [0.4, 0.5) is 0 Å². The van der Waals surface area contributed by atoms with Gasteiger partial charge in [0, 0.05) is 5.69 Å². The summed E-state index contributed by atoms with van der Waals surface area (Å²) in [5, 5.41) is 8.72. The Kier molecular flexibility index (Phi) is 1.99. The molecule has 0 radical (unpaired) electrons. The van der Waals surface area contributed by atoms with Gasteiger partial charge in [0.2, 0.25) is 0 Å². The smallest absolute Gasteiger partial charge is 0.164 e. The molecule has 2 heterocycles. The molecule has 2 aromatic heterocycles. The normalized spacial score (nSPS) is 9.71. The Bertz CT molecular complexity index is 483. The van der Waals surface area contributed by atoms with Gasteiger partial charge < -0.3 is 4.42 Å². The highest BCUT2D eigenvalue weighted by Gasteiger charge is 2.05. The maximum absolute atomic E-state index is 8.72. The maximum atomic E-state index is 8.72. The van der Waals surface area contributed by atoms with Crippen molar-refractivity contribution in [3.05, 3.63) is 36.0 Å². The van der Waals surface area contributed by atoms with Crippen LogP contribution in [0.15, 0.2) is 29.1 Å². The molecule has 0 saturated carbocycles. The molecule has 4 nitrogen and oxygen atoms in total. The topological polar surface area (TPSA) is 62.7 Å². The van der Waals surface area contributed by atoms with E-state index in [1.54, 1.807) is 24.7 Å². The minimum atomic E-state index is 0.369. The van der Waals surface area contributed by atoms with Crippen LogP contribution in [0, 0.1) is 18.3 Å². The van der Waals surface area contributed by atoms with Gasteiger partial charge in [-0.15, -0.1) is 0 Å². The molecule has 14 heavy (non-hydrogen) atoms. The molecule has 0 atom stereocenters. The van der Waals surface area contributed by atoms with Crippen molar-refractivity contribution < 1.29 is 4.42 Å². The van der Waals surface area contributed by atoms with E-state index in [1.165, 1.54) is 0 Å². The molecule has 0 bridgehead atoms. The van der Waals surface area contributed by atoms with Crippen molar-refractivity contribution in [1.29, 1.82) is 5.26 Å². The summed E-state index contributed by atoms with van der Waals surface area (Å²) in [5.41, 5.74) is 1.92. The third kappa shape index (κ3) is 1.48. The molecule has 68 valence electrons. The number of furan rings is 1. The molecular weight excluding hydrogens is 178 g/mol. The first-order valence-corrected chi connectivity index (χ1v) is 4.08. The predicted octanol–water partition coefficient (Wildman–Crippen LogP) is 1.92. The second-order valence-corrected chi connectivity index (χ2v) is 2.84. The van der Waals surface area contributed by atoms with Gasteiger partial charge in [0.1, 0.15) is 18.0 Å². The number of rotatable bonds is 1. The van der Waals surface area contributed by atoms with Crippen LogP contribution in [0.1, 0.15) is 11.4 Å². The van der Waals surface area contributed by atoms with Crippen LogP contribution in [-0.2, 0) is 0 Å². The van der Waals surface area contributed by atoms with Gasteiger partial charge in [0.15, 0.2) is 5.82 Å². The van der Waals surface area contributed by atoms with Crippen LogP contribution in [-0.4, -0.2) is 9.97 Å². The van der Waals surface area contributed by atoms with Crippen LogP contribution in [0.2, 0.25) is 0 Å². The maximum Gasteiger partial charge on any atom is 0.164 e. The lowest BCUT2D eigenvalue weighted by molar-refractivity contribution is 0.568. The fourth-order valence-corrected chi connectivity index (χ4v) is 1.15. The lowest BCUT2D eigenvalue weighted by Crippen LogP contribution is -1.93.